The van der Waals surface area contributed by atoms with E-state index >= 15 is 0 Å². The molecule has 0 bridgehead atoms. The fraction of sp³-hybridized carbons (Fsp3) is 0.558. The molecular formula is C52H83N19O16S. The molecule has 12 atom stereocenters. The van der Waals surface area contributed by atoms with Crippen LogP contribution in [0.4, 0.5) is 0 Å². The summed E-state index contributed by atoms with van der Waals surface area (Å²) in [6.45, 7) is 5.74. The van der Waals surface area contributed by atoms with E-state index in [1.165, 1.54) is 47.1 Å². The molecule has 2 rings (SSSR count). The smallest absolute Gasteiger partial charge is 0.326 e. The number of carbonyl (C=O) groups excluding carboxylic acids is 10. The number of thiol groups is 1. The van der Waals surface area contributed by atoms with Gasteiger partial charge in [0.25, 0.3) is 0 Å². The number of carbonyl (C=O) groups is 12. The maximum atomic E-state index is 14.3. The van der Waals surface area contributed by atoms with Crippen molar-refractivity contribution in [2.75, 3.05) is 25.4 Å². The summed E-state index contributed by atoms with van der Waals surface area (Å²) in [5.41, 5.74) is 28.3. The lowest BCUT2D eigenvalue weighted by Crippen LogP contribution is -2.61. The molecule has 488 valence electrons. The van der Waals surface area contributed by atoms with E-state index in [4.69, 9.17) is 28.7 Å². The van der Waals surface area contributed by atoms with Crippen LogP contribution >= 0.6 is 12.6 Å². The minimum absolute atomic E-state index is 0.0103. The molecule has 0 aliphatic rings. The van der Waals surface area contributed by atoms with Gasteiger partial charge in [-0.25, -0.2) is 9.78 Å². The van der Waals surface area contributed by atoms with Crippen molar-refractivity contribution in [3.05, 3.63) is 54.1 Å². The first-order valence-electron chi connectivity index (χ1n) is 27.6. The standard InChI is InChI=1S/C52H83N19O16S/c1-24(2)39(70-43(79)31(14-10-16-60-52(56)57)65-46(82)35(22-88)69-47(83)38(53)26(4)72)48(84)67-33(19-37(75)76)45(81)66-32(18-29-20-58-23-62-29)44(80)64-30(13-9-15-59-51(54)55)42(78)61-21-36(74)63-25(3)41(77)71-40(27(5)73)49(85)68-34(50(86)87)17-28-11-7-6-8-12-28/h6-8,11-12,20,23-27,30-35,38-40,72-73,88H,9-10,13-19,21-22,53H2,1-5H3,(H,58,62)(H,61,78)(H,63,74)(H,64,80)(H,65,82)(H,66,81)(H,67,84)(H,68,85)(H,69,83)(H,70,79)(H,71,77)(H,75,76)(H,86,87)(H4,54,55,59)(H4,56,57,60)/t25-,26+,27+,30-,31-,32-,33-,34-,35-,38-,39-,40-/m0/s1. The zero-order chi connectivity index (χ0) is 66.4. The number of hydrogen-bond donors (Lipinski definition) is 21. The highest BCUT2D eigenvalue weighted by Gasteiger charge is 2.37. The molecule has 2 aromatic rings. The predicted molar refractivity (Wildman–Crippen MR) is 318 cm³/mol. The highest BCUT2D eigenvalue weighted by Crippen LogP contribution is 2.11. The second kappa shape index (κ2) is 38.1. The molecule has 0 aliphatic carbocycles. The summed E-state index contributed by atoms with van der Waals surface area (Å²) in [5.74, 6) is -14.8. The third-order valence-corrected chi connectivity index (χ3v) is 13.2. The van der Waals surface area contributed by atoms with Crippen molar-refractivity contribution in [2.45, 2.75) is 152 Å². The van der Waals surface area contributed by atoms with E-state index in [2.05, 4.69) is 85.7 Å². The lowest BCUT2D eigenvalue weighted by atomic mass is 10.0. The third kappa shape index (κ3) is 27.5. The van der Waals surface area contributed by atoms with Crippen molar-refractivity contribution in [1.82, 2.24) is 63.1 Å². The van der Waals surface area contributed by atoms with Crippen LogP contribution in [-0.4, -0.2) is 211 Å². The fourth-order valence-corrected chi connectivity index (χ4v) is 8.20. The monoisotopic (exact) mass is 1260 g/mol. The Morgan fingerprint density at radius 1 is 0.568 bits per heavy atom. The Labute approximate surface area is 511 Å². The van der Waals surface area contributed by atoms with E-state index in [0.29, 0.717) is 5.56 Å². The molecule has 35 nitrogen and oxygen atoms in total. The topological polar surface area (TPSA) is 590 Å². The molecule has 25 N–H and O–H groups in total. The number of nitrogens with two attached hydrogens (primary N) is 5. The second-order valence-corrected chi connectivity index (χ2v) is 20.9. The summed E-state index contributed by atoms with van der Waals surface area (Å²) in [6.07, 6.45) is -2.12. The number of H-pyrrole nitrogens is 1. The zero-order valence-electron chi connectivity index (χ0n) is 49.2. The molecule has 0 fully saturated rings. The van der Waals surface area contributed by atoms with Crippen LogP contribution in [0.1, 0.15) is 78.0 Å². The van der Waals surface area contributed by atoms with E-state index in [-0.39, 0.29) is 75.0 Å². The van der Waals surface area contributed by atoms with Crippen molar-refractivity contribution in [3.8, 4) is 0 Å². The number of amides is 10. The number of aromatic nitrogens is 2. The average molecular weight is 1260 g/mol. The van der Waals surface area contributed by atoms with Gasteiger partial charge in [-0.2, -0.15) is 12.6 Å². The third-order valence-electron chi connectivity index (χ3n) is 12.8. The van der Waals surface area contributed by atoms with Gasteiger partial charge >= 0.3 is 11.9 Å². The Morgan fingerprint density at radius 2 is 1.06 bits per heavy atom. The number of aromatic amines is 1. The lowest BCUT2D eigenvalue weighted by Gasteiger charge is -2.28. The van der Waals surface area contributed by atoms with Crippen LogP contribution in [-0.2, 0) is 70.4 Å². The van der Waals surface area contributed by atoms with Crippen LogP contribution in [0.3, 0.4) is 0 Å². The Kier molecular flexibility index (Phi) is 32.4. The van der Waals surface area contributed by atoms with Gasteiger partial charge in [0.05, 0.1) is 31.5 Å². The number of aliphatic imine (C=N–C) groups is 2. The van der Waals surface area contributed by atoms with Gasteiger partial charge < -0.3 is 107 Å². The van der Waals surface area contributed by atoms with Crippen LogP contribution in [0, 0.1) is 5.92 Å². The molecule has 0 spiro atoms. The van der Waals surface area contributed by atoms with Gasteiger partial charge in [0.1, 0.15) is 60.4 Å². The Morgan fingerprint density at radius 3 is 1.56 bits per heavy atom. The number of carboxylic acid groups (broad SMARTS) is 2. The van der Waals surface area contributed by atoms with Crippen molar-refractivity contribution >= 4 is 95.6 Å². The number of rotatable bonds is 39. The average Bonchev–Trinajstić information content (AvgIpc) is 4.05. The summed E-state index contributed by atoms with van der Waals surface area (Å²) < 4.78 is 0. The first-order chi connectivity index (χ1) is 41.3. The molecule has 1 aromatic heterocycles. The number of imidazole rings is 1. The van der Waals surface area contributed by atoms with Gasteiger partial charge in [-0.15, -0.1) is 0 Å². The normalized spacial score (nSPS) is 15.1. The number of benzene rings is 1. The van der Waals surface area contributed by atoms with E-state index < -0.39 is 163 Å². The number of guanidine groups is 2. The highest BCUT2D eigenvalue weighted by molar-refractivity contribution is 7.80. The molecule has 0 saturated heterocycles. The summed E-state index contributed by atoms with van der Waals surface area (Å²) >= 11 is 4.12. The van der Waals surface area contributed by atoms with Crippen molar-refractivity contribution in [2.24, 2.45) is 44.6 Å². The maximum Gasteiger partial charge on any atom is 0.326 e. The minimum Gasteiger partial charge on any atom is -0.481 e. The molecule has 0 aliphatic heterocycles. The van der Waals surface area contributed by atoms with Gasteiger partial charge in [-0.1, -0.05) is 44.2 Å². The van der Waals surface area contributed by atoms with E-state index in [1.54, 1.807) is 30.3 Å². The van der Waals surface area contributed by atoms with Gasteiger partial charge in [0.15, 0.2) is 11.9 Å². The summed E-state index contributed by atoms with van der Waals surface area (Å²) in [7, 11) is 0. The molecule has 36 heteroatoms. The van der Waals surface area contributed by atoms with Crippen LogP contribution in [0.5, 0.6) is 0 Å². The second-order valence-electron chi connectivity index (χ2n) is 20.6. The first kappa shape index (κ1) is 74.9. The number of nitrogens with zero attached hydrogens (tertiary/aromatic N) is 3. The van der Waals surface area contributed by atoms with E-state index in [0.717, 1.165) is 0 Å². The zero-order valence-corrected chi connectivity index (χ0v) is 50.1. The van der Waals surface area contributed by atoms with Crippen LogP contribution < -0.4 is 81.8 Å². The predicted octanol–water partition coefficient (Wildman–Crippen LogP) is -7.96. The SMILES string of the molecule is CC(C)[C@H](NC(=O)[C@H](CCCN=C(N)N)NC(=O)[C@H](CS)NC(=O)[C@@H](N)[C@@H](C)O)C(=O)N[C@@H](CC(=O)O)C(=O)N[C@@H](Cc1cnc[nH]1)C(=O)N[C@@H](CCCN=C(N)N)C(=O)NCC(=O)N[C@@H](C)C(=O)N[C@H](C(=O)N[C@@H](Cc1ccccc1)C(=O)O)[C@@H](C)O. The molecular weight excluding hydrogens is 1180 g/mol. The Bertz CT molecular complexity index is 2750. The summed E-state index contributed by atoms with van der Waals surface area (Å²) in [5, 5.41) is 63.6. The van der Waals surface area contributed by atoms with Crippen molar-refractivity contribution in [3.63, 3.8) is 0 Å². The van der Waals surface area contributed by atoms with Gasteiger partial charge in [0, 0.05) is 43.6 Å². The van der Waals surface area contributed by atoms with Gasteiger partial charge in [-0.05, 0) is 57.9 Å². The van der Waals surface area contributed by atoms with Crippen LogP contribution in [0.25, 0.3) is 0 Å². The molecule has 0 radical (unpaired) electrons. The lowest BCUT2D eigenvalue weighted by molar-refractivity contribution is -0.143. The number of aliphatic hydroxyl groups excluding tert-OH is 2. The molecule has 1 heterocycles. The summed E-state index contributed by atoms with van der Waals surface area (Å²) in [6, 6.07) is -7.10. The quantitative estimate of drug-likeness (QED) is 0.0128. The van der Waals surface area contributed by atoms with E-state index in [9.17, 15) is 78.0 Å². The number of hydrogen-bond acceptors (Lipinski definition) is 19. The molecule has 88 heavy (non-hydrogen) atoms. The molecule has 1 aromatic carbocycles. The highest BCUT2D eigenvalue weighted by atomic mass is 32.1. The maximum absolute atomic E-state index is 14.3. The number of nitrogens with one attached hydrogen (secondary N) is 11. The first-order valence-corrected chi connectivity index (χ1v) is 28.3. The molecule has 0 unspecified atom stereocenters. The van der Waals surface area contributed by atoms with Crippen LogP contribution in [0.2, 0.25) is 0 Å². The van der Waals surface area contributed by atoms with E-state index in [1.807, 2.05) is 0 Å². The number of aliphatic hydroxyl groups is 2. The van der Waals surface area contributed by atoms with Gasteiger partial charge in [-0.3, -0.25) is 62.7 Å². The Balaban J connectivity index is 2.34. The van der Waals surface area contributed by atoms with Crippen LogP contribution in [0.15, 0.2) is 52.8 Å². The molecule has 10 amide bonds. The Hall–Kier alpha value is -9.16. The molecule has 0 saturated carbocycles. The van der Waals surface area contributed by atoms with Crippen molar-refractivity contribution < 1.29 is 78.0 Å². The van der Waals surface area contributed by atoms with Gasteiger partial charge in [0.2, 0.25) is 59.1 Å². The van der Waals surface area contributed by atoms with Crippen molar-refractivity contribution in [1.29, 1.82) is 0 Å². The summed E-state index contributed by atoms with van der Waals surface area (Å²) in [4.78, 5) is 174. The number of carboxylic acids is 2. The largest absolute Gasteiger partial charge is 0.481 e. The number of aliphatic carboxylic acids is 2. The fourth-order valence-electron chi connectivity index (χ4n) is 7.95. The minimum atomic E-state index is -1.95.